The smallest absolute Gasteiger partial charge is 0.0806 e. The molecule has 2 heteroatoms. The minimum atomic E-state index is 0.155. The Bertz CT molecular complexity index is 185. The van der Waals surface area contributed by atoms with Crippen LogP contribution in [0.4, 0.5) is 0 Å². The third-order valence-electron chi connectivity index (χ3n) is 3.74. The van der Waals surface area contributed by atoms with E-state index in [1.165, 1.54) is 44.9 Å². The largest absolute Gasteiger partial charge is 0.374 e. The van der Waals surface area contributed by atoms with Crippen molar-refractivity contribution in [1.82, 2.24) is 5.32 Å². The van der Waals surface area contributed by atoms with Gasteiger partial charge < -0.3 is 10.1 Å². The highest BCUT2D eigenvalue weighted by Gasteiger charge is 2.32. The molecule has 0 bridgehead atoms. The molecule has 0 aromatic carbocycles. The molecule has 0 aliphatic heterocycles. The number of hydrogen-bond acceptors (Lipinski definition) is 2. The molecule has 0 aromatic rings. The summed E-state index contributed by atoms with van der Waals surface area (Å²) in [6.07, 6.45) is 8.98. The zero-order valence-corrected chi connectivity index (χ0v) is 12.1. The van der Waals surface area contributed by atoms with Gasteiger partial charge in [-0.3, -0.25) is 0 Å². The fraction of sp³-hybridized carbons (Fsp3) is 1.00. The fourth-order valence-corrected chi connectivity index (χ4v) is 2.57. The van der Waals surface area contributed by atoms with Gasteiger partial charge in [-0.15, -0.1) is 0 Å². The molecule has 1 aliphatic carbocycles. The van der Waals surface area contributed by atoms with Crippen molar-refractivity contribution in [3.05, 3.63) is 0 Å². The molecule has 1 rings (SSSR count). The minimum Gasteiger partial charge on any atom is -0.374 e. The quantitative estimate of drug-likeness (QED) is 0.653. The van der Waals surface area contributed by atoms with E-state index in [-0.39, 0.29) is 5.60 Å². The summed E-state index contributed by atoms with van der Waals surface area (Å²) in [6.45, 7) is 9.87. The average molecular weight is 241 g/mol. The molecule has 1 saturated carbocycles. The van der Waals surface area contributed by atoms with Crippen LogP contribution in [0.3, 0.4) is 0 Å². The van der Waals surface area contributed by atoms with Gasteiger partial charge >= 0.3 is 0 Å². The lowest BCUT2D eigenvalue weighted by molar-refractivity contribution is -0.0714. The molecule has 1 aliphatic rings. The van der Waals surface area contributed by atoms with Gasteiger partial charge in [-0.05, 0) is 38.1 Å². The topological polar surface area (TPSA) is 21.3 Å². The summed E-state index contributed by atoms with van der Waals surface area (Å²) in [5, 5.41) is 3.56. The first-order valence-electron chi connectivity index (χ1n) is 7.53. The second-order valence-corrected chi connectivity index (χ2v) is 5.95. The molecule has 102 valence electrons. The lowest BCUT2D eigenvalue weighted by Crippen LogP contribution is -2.45. The van der Waals surface area contributed by atoms with E-state index in [1.54, 1.807) is 0 Å². The van der Waals surface area contributed by atoms with E-state index >= 15 is 0 Å². The van der Waals surface area contributed by atoms with Crippen molar-refractivity contribution in [2.45, 2.75) is 71.3 Å². The van der Waals surface area contributed by atoms with Crippen LogP contribution in [0.15, 0.2) is 0 Å². The highest BCUT2D eigenvalue weighted by Crippen LogP contribution is 2.31. The van der Waals surface area contributed by atoms with Gasteiger partial charge in [-0.2, -0.15) is 0 Å². The van der Waals surface area contributed by atoms with Crippen molar-refractivity contribution in [3.63, 3.8) is 0 Å². The Labute approximate surface area is 108 Å². The Hall–Kier alpha value is -0.0800. The van der Waals surface area contributed by atoms with Crippen molar-refractivity contribution < 1.29 is 4.74 Å². The van der Waals surface area contributed by atoms with E-state index < -0.39 is 0 Å². The fourth-order valence-electron chi connectivity index (χ4n) is 2.57. The molecule has 0 spiro atoms. The molecule has 0 radical (unpaired) electrons. The maximum absolute atomic E-state index is 6.27. The van der Waals surface area contributed by atoms with Gasteiger partial charge in [0.2, 0.25) is 0 Å². The molecule has 0 amide bonds. The molecule has 0 saturated heterocycles. The molecule has 0 heterocycles. The van der Waals surface area contributed by atoms with Crippen LogP contribution in [-0.4, -0.2) is 25.3 Å². The van der Waals surface area contributed by atoms with Crippen LogP contribution in [-0.2, 0) is 4.74 Å². The Morgan fingerprint density at radius 1 is 1.18 bits per heavy atom. The lowest BCUT2D eigenvalue weighted by atomic mass is 9.84. The highest BCUT2D eigenvalue weighted by molar-refractivity contribution is 4.86. The predicted octanol–water partition coefficient (Wildman–Crippen LogP) is 3.75. The summed E-state index contributed by atoms with van der Waals surface area (Å²) >= 11 is 0. The first-order valence-corrected chi connectivity index (χ1v) is 7.53. The molecule has 17 heavy (non-hydrogen) atoms. The molecule has 2 nitrogen and oxygen atoms in total. The lowest BCUT2D eigenvalue weighted by Gasteiger charge is -2.38. The molecule has 0 atom stereocenters. The molecular formula is C15H31NO. The number of rotatable bonds is 8. The van der Waals surface area contributed by atoms with Crippen LogP contribution in [0.2, 0.25) is 0 Å². The van der Waals surface area contributed by atoms with Gasteiger partial charge in [-0.1, -0.05) is 40.0 Å². The Kier molecular flexibility index (Phi) is 7.14. The summed E-state index contributed by atoms with van der Waals surface area (Å²) in [6, 6.07) is 0. The number of hydrogen-bond donors (Lipinski definition) is 1. The molecule has 0 aromatic heterocycles. The van der Waals surface area contributed by atoms with E-state index in [4.69, 9.17) is 4.74 Å². The zero-order valence-electron chi connectivity index (χ0n) is 12.1. The van der Waals surface area contributed by atoms with E-state index in [9.17, 15) is 0 Å². The monoisotopic (exact) mass is 241 g/mol. The maximum atomic E-state index is 6.27. The van der Waals surface area contributed by atoms with Gasteiger partial charge in [-0.25, -0.2) is 0 Å². The molecule has 1 N–H and O–H groups in total. The zero-order chi connectivity index (χ0) is 12.6. The Morgan fingerprint density at radius 2 is 1.88 bits per heavy atom. The van der Waals surface area contributed by atoms with Crippen molar-refractivity contribution in [3.8, 4) is 0 Å². The minimum absolute atomic E-state index is 0.155. The van der Waals surface area contributed by atoms with Crippen molar-refractivity contribution in [2.75, 3.05) is 19.7 Å². The summed E-state index contributed by atoms with van der Waals surface area (Å²) in [4.78, 5) is 0. The van der Waals surface area contributed by atoms with Gasteiger partial charge in [0.05, 0.1) is 5.60 Å². The van der Waals surface area contributed by atoms with E-state index in [0.29, 0.717) is 0 Å². The van der Waals surface area contributed by atoms with E-state index in [1.807, 2.05) is 0 Å². The van der Waals surface area contributed by atoms with E-state index in [0.717, 1.165) is 25.6 Å². The van der Waals surface area contributed by atoms with Gasteiger partial charge in [0.15, 0.2) is 0 Å². The summed E-state index contributed by atoms with van der Waals surface area (Å²) in [5.74, 6) is 0.749. The Morgan fingerprint density at radius 3 is 2.47 bits per heavy atom. The third kappa shape index (κ3) is 5.87. The van der Waals surface area contributed by atoms with Crippen LogP contribution < -0.4 is 5.32 Å². The van der Waals surface area contributed by atoms with Crippen molar-refractivity contribution in [2.24, 2.45) is 5.92 Å². The van der Waals surface area contributed by atoms with E-state index in [2.05, 4.69) is 26.1 Å². The van der Waals surface area contributed by atoms with Gasteiger partial charge in [0, 0.05) is 13.2 Å². The predicted molar refractivity (Wildman–Crippen MR) is 74.4 cm³/mol. The number of ether oxygens (including phenoxy) is 1. The normalized spacial score (nSPS) is 19.8. The van der Waals surface area contributed by atoms with Crippen LogP contribution in [0.5, 0.6) is 0 Å². The first-order chi connectivity index (χ1) is 8.18. The van der Waals surface area contributed by atoms with Crippen LogP contribution in [0, 0.1) is 5.92 Å². The standard InChI is InChI=1S/C15H31NO/c1-4-11-16-13-15(9-6-5-7-10-15)17-12-8-14(2)3/h14,16H,4-13H2,1-3H3. The molecule has 1 fully saturated rings. The van der Waals surface area contributed by atoms with Crippen molar-refractivity contribution in [1.29, 1.82) is 0 Å². The third-order valence-corrected chi connectivity index (χ3v) is 3.74. The van der Waals surface area contributed by atoms with Crippen LogP contribution in [0.1, 0.15) is 65.7 Å². The average Bonchev–Trinajstić information content (AvgIpc) is 2.30. The van der Waals surface area contributed by atoms with Gasteiger partial charge in [0.25, 0.3) is 0 Å². The summed E-state index contributed by atoms with van der Waals surface area (Å²) < 4.78 is 6.27. The highest BCUT2D eigenvalue weighted by atomic mass is 16.5. The first kappa shape index (κ1) is 15.0. The molecular weight excluding hydrogens is 210 g/mol. The maximum Gasteiger partial charge on any atom is 0.0806 e. The van der Waals surface area contributed by atoms with Crippen molar-refractivity contribution >= 4 is 0 Å². The molecule has 0 unspecified atom stereocenters. The van der Waals surface area contributed by atoms with Crippen LogP contribution >= 0.6 is 0 Å². The second kappa shape index (κ2) is 8.10. The summed E-state index contributed by atoms with van der Waals surface area (Å²) in [5.41, 5.74) is 0.155. The van der Waals surface area contributed by atoms with Crippen LogP contribution in [0.25, 0.3) is 0 Å². The summed E-state index contributed by atoms with van der Waals surface area (Å²) in [7, 11) is 0. The Balaban J connectivity index is 2.34. The van der Waals surface area contributed by atoms with Gasteiger partial charge in [0.1, 0.15) is 0 Å². The number of nitrogens with one attached hydrogen (secondary N) is 1. The SMILES string of the molecule is CCCNCC1(OCCC(C)C)CCCCC1. The second-order valence-electron chi connectivity index (χ2n) is 5.95.